The molecule has 3 rings (SSSR count). The van der Waals surface area contributed by atoms with E-state index in [-0.39, 0.29) is 24.5 Å². The van der Waals surface area contributed by atoms with Crippen molar-refractivity contribution in [2.45, 2.75) is 30.6 Å². The number of rotatable bonds is 1. The highest BCUT2D eigenvalue weighted by atomic mass is 35.5. The van der Waals surface area contributed by atoms with Gasteiger partial charge in [0.2, 0.25) is 0 Å². The van der Waals surface area contributed by atoms with Crippen molar-refractivity contribution in [2.24, 2.45) is 0 Å². The van der Waals surface area contributed by atoms with Gasteiger partial charge in [0.1, 0.15) is 5.54 Å². The molecular weight excluding hydrogens is 295 g/mol. The Hall–Kier alpha value is -1.27. The van der Waals surface area contributed by atoms with Gasteiger partial charge in [-0.2, -0.15) is 13.2 Å². The molecule has 1 saturated carbocycles. The molecule has 0 saturated heterocycles. The highest BCUT2D eigenvalue weighted by Crippen LogP contribution is 2.58. The van der Waals surface area contributed by atoms with Gasteiger partial charge in [0.15, 0.2) is 0 Å². The Morgan fingerprint density at radius 2 is 2.15 bits per heavy atom. The molecule has 3 nitrogen and oxygen atoms in total. The van der Waals surface area contributed by atoms with E-state index in [4.69, 9.17) is 4.74 Å². The van der Waals surface area contributed by atoms with Crippen LogP contribution in [0.4, 0.5) is 13.2 Å². The predicted octanol–water partition coefficient (Wildman–Crippen LogP) is 2.63. The van der Waals surface area contributed by atoms with Crippen molar-refractivity contribution in [1.29, 1.82) is 0 Å². The summed E-state index contributed by atoms with van der Waals surface area (Å²) >= 11 is 0. The summed E-state index contributed by atoms with van der Waals surface area (Å²) in [6.07, 6.45) is -4.03. The van der Waals surface area contributed by atoms with Crippen molar-refractivity contribution in [3.8, 4) is 0 Å². The molecule has 110 valence electrons. The van der Waals surface area contributed by atoms with Gasteiger partial charge in [-0.3, -0.25) is 10.1 Å². The normalized spacial score (nSPS) is 26.9. The zero-order valence-corrected chi connectivity index (χ0v) is 11.4. The number of methoxy groups -OCH3 is 1. The number of fused-ring (bicyclic) bond motifs is 3. The van der Waals surface area contributed by atoms with Crippen LogP contribution in [0.5, 0.6) is 0 Å². The number of nitrogens with one attached hydrogen (secondary N) is 1. The fraction of sp³-hybridized carbons (Fsp3) is 0.462. The number of hydrogen-bond donors (Lipinski definition) is 1. The van der Waals surface area contributed by atoms with Crippen LogP contribution in [-0.2, 0) is 22.3 Å². The van der Waals surface area contributed by atoms with Gasteiger partial charge in [0.25, 0.3) is 0 Å². The number of hydrogen-bond acceptors (Lipinski definition) is 3. The topological polar surface area (TPSA) is 38.3 Å². The van der Waals surface area contributed by atoms with Crippen molar-refractivity contribution >= 4 is 18.4 Å². The molecule has 1 aliphatic carbocycles. The first-order valence-electron chi connectivity index (χ1n) is 5.92. The zero-order chi connectivity index (χ0) is 13.8. The van der Waals surface area contributed by atoms with E-state index in [0.29, 0.717) is 12.0 Å². The second-order valence-corrected chi connectivity index (χ2v) is 4.95. The van der Waals surface area contributed by atoms with Gasteiger partial charge in [0, 0.05) is 12.5 Å². The molecule has 1 N–H and O–H groups in total. The Morgan fingerprint density at radius 3 is 2.75 bits per heavy atom. The van der Waals surface area contributed by atoms with Gasteiger partial charge in [-0.25, -0.2) is 0 Å². The van der Waals surface area contributed by atoms with Gasteiger partial charge >= 0.3 is 12.1 Å². The summed E-state index contributed by atoms with van der Waals surface area (Å²) in [6.45, 7) is 0.255. The largest absolute Gasteiger partial charge is 0.468 e. The van der Waals surface area contributed by atoms with Crippen molar-refractivity contribution in [3.05, 3.63) is 34.9 Å². The smallest absolute Gasteiger partial charge is 0.416 e. The minimum Gasteiger partial charge on any atom is -0.468 e. The number of ether oxygens (including phenoxy) is 1. The van der Waals surface area contributed by atoms with Crippen LogP contribution in [0.2, 0.25) is 0 Å². The fourth-order valence-corrected chi connectivity index (χ4v) is 2.97. The van der Waals surface area contributed by atoms with E-state index in [9.17, 15) is 18.0 Å². The van der Waals surface area contributed by atoms with E-state index < -0.39 is 29.2 Å². The summed E-state index contributed by atoms with van der Waals surface area (Å²) < 4.78 is 43.8. The predicted molar refractivity (Wildman–Crippen MR) is 67.6 cm³/mol. The Balaban J connectivity index is 0.00000147. The molecule has 0 radical (unpaired) electrons. The molecule has 2 aliphatic rings. The molecule has 0 spiro atoms. The average Bonchev–Trinajstić information content (AvgIpc) is 3.12. The number of carbonyl (C=O) groups excluding carboxylic acids is 1. The standard InChI is InChI=1S/C13H12F3NO2.ClH/c1-19-11(18)12-5-9(12)10-7(6-17-12)3-2-4-8(10)13(14,15)16;/h2-4,9,17H,5-6H2,1H3;1H. The van der Waals surface area contributed by atoms with Gasteiger partial charge < -0.3 is 4.74 Å². The van der Waals surface area contributed by atoms with Crippen molar-refractivity contribution in [3.63, 3.8) is 0 Å². The van der Waals surface area contributed by atoms with Crippen LogP contribution in [0.1, 0.15) is 29.0 Å². The van der Waals surface area contributed by atoms with E-state index in [1.807, 2.05) is 0 Å². The van der Waals surface area contributed by atoms with Crippen molar-refractivity contribution < 1.29 is 22.7 Å². The number of carbonyl (C=O) groups is 1. The number of benzene rings is 1. The highest BCUT2D eigenvalue weighted by molar-refractivity contribution is 5.88. The number of alkyl halides is 3. The molecule has 0 amide bonds. The lowest BCUT2D eigenvalue weighted by Gasteiger charge is -2.26. The van der Waals surface area contributed by atoms with E-state index in [0.717, 1.165) is 6.07 Å². The lowest BCUT2D eigenvalue weighted by molar-refractivity contribution is -0.145. The molecule has 1 aliphatic heterocycles. The van der Waals surface area contributed by atoms with Crippen LogP contribution in [0.25, 0.3) is 0 Å². The Bertz CT molecular complexity index is 561. The minimum atomic E-state index is -4.40. The number of halogens is 4. The second kappa shape index (κ2) is 4.63. The summed E-state index contributed by atoms with van der Waals surface area (Å²) in [6, 6.07) is 4.14. The average molecular weight is 308 g/mol. The Kier molecular flexibility index (Phi) is 3.50. The molecule has 7 heteroatoms. The molecule has 2 unspecified atom stereocenters. The molecule has 20 heavy (non-hydrogen) atoms. The fourth-order valence-electron chi connectivity index (χ4n) is 2.97. The first-order valence-corrected chi connectivity index (χ1v) is 5.92. The van der Waals surface area contributed by atoms with Crippen LogP contribution in [-0.4, -0.2) is 18.6 Å². The maximum atomic E-state index is 13.0. The molecule has 0 bridgehead atoms. The molecule has 1 aromatic carbocycles. The quantitative estimate of drug-likeness (QED) is 0.811. The lowest BCUT2D eigenvalue weighted by atomic mass is 9.91. The van der Waals surface area contributed by atoms with Gasteiger partial charge in [-0.1, -0.05) is 12.1 Å². The first-order chi connectivity index (χ1) is 8.90. The van der Waals surface area contributed by atoms with Crippen LogP contribution in [0.3, 0.4) is 0 Å². The first kappa shape index (κ1) is 15.1. The van der Waals surface area contributed by atoms with Gasteiger partial charge in [-0.15, -0.1) is 12.4 Å². The van der Waals surface area contributed by atoms with Crippen molar-refractivity contribution in [1.82, 2.24) is 5.32 Å². The number of esters is 1. The van der Waals surface area contributed by atoms with Crippen LogP contribution in [0, 0.1) is 0 Å². The third kappa shape index (κ3) is 1.98. The summed E-state index contributed by atoms with van der Waals surface area (Å²) in [4.78, 5) is 11.7. The van der Waals surface area contributed by atoms with Crippen LogP contribution < -0.4 is 5.32 Å². The molecule has 0 aromatic heterocycles. The molecule has 1 aromatic rings. The van der Waals surface area contributed by atoms with Crippen molar-refractivity contribution in [2.75, 3.05) is 7.11 Å². The van der Waals surface area contributed by atoms with Crippen LogP contribution >= 0.6 is 12.4 Å². The minimum absolute atomic E-state index is 0. The summed E-state index contributed by atoms with van der Waals surface area (Å²) in [5, 5.41) is 3.01. The monoisotopic (exact) mass is 307 g/mol. The van der Waals surface area contributed by atoms with Gasteiger partial charge in [-0.05, 0) is 23.6 Å². The lowest BCUT2D eigenvalue weighted by Crippen LogP contribution is -2.44. The zero-order valence-electron chi connectivity index (χ0n) is 10.6. The Labute approximate surface area is 119 Å². The summed E-state index contributed by atoms with van der Waals surface area (Å²) in [5.41, 5.74) is -0.735. The molecular formula is C13H13ClF3NO2. The third-order valence-corrected chi connectivity index (χ3v) is 3.96. The highest BCUT2D eigenvalue weighted by Gasteiger charge is 2.65. The molecule has 1 fully saturated rings. The SMILES string of the molecule is COC(=O)C12CC1c1c(cccc1C(F)(F)F)CN2.Cl. The van der Waals surface area contributed by atoms with Gasteiger partial charge in [0.05, 0.1) is 12.7 Å². The molecule has 2 atom stereocenters. The van der Waals surface area contributed by atoms with E-state index in [1.165, 1.54) is 13.2 Å². The van der Waals surface area contributed by atoms with E-state index in [1.54, 1.807) is 6.07 Å². The van der Waals surface area contributed by atoms with E-state index in [2.05, 4.69) is 5.32 Å². The maximum Gasteiger partial charge on any atom is 0.416 e. The third-order valence-electron chi connectivity index (χ3n) is 3.96. The Morgan fingerprint density at radius 1 is 1.45 bits per heavy atom. The second-order valence-electron chi connectivity index (χ2n) is 4.95. The van der Waals surface area contributed by atoms with Crippen LogP contribution in [0.15, 0.2) is 18.2 Å². The summed E-state index contributed by atoms with van der Waals surface area (Å²) in [5.74, 6) is -0.929. The van der Waals surface area contributed by atoms with E-state index >= 15 is 0 Å². The summed E-state index contributed by atoms with van der Waals surface area (Å²) in [7, 11) is 1.25. The maximum absolute atomic E-state index is 13.0. The molecule has 1 heterocycles.